The maximum Gasteiger partial charge on any atom is 0.326 e. The number of fused-ring (bicyclic) bond motifs is 1. The minimum absolute atomic E-state index is 0.191. The highest BCUT2D eigenvalue weighted by Gasteiger charge is 2.20. The molecule has 34 heavy (non-hydrogen) atoms. The summed E-state index contributed by atoms with van der Waals surface area (Å²) in [7, 11) is 0. The molecule has 2 N–H and O–H groups in total. The van der Waals surface area contributed by atoms with Gasteiger partial charge < -0.3 is 24.4 Å². The van der Waals surface area contributed by atoms with Gasteiger partial charge in [0, 0.05) is 13.3 Å². The van der Waals surface area contributed by atoms with E-state index in [1.54, 1.807) is 11.8 Å². The highest BCUT2D eigenvalue weighted by atomic mass is 32.2. The van der Waals surface area contributed by atoms with Gasteiger partial charge >= 0.3 is 5.97 Å². The van der Waals surface area contributed by atoms with E-state index in [1.807, 2.05) is 24.5 Å². The first-order valence-corrected chi connectivity index (χ1v) is 14.8. The standard InChI is InChI=1S/C18H28O3S.C7H13NO3S/c1-3-4-5-6-7-8-11-22(19)15(2)12-16-9-10-17-18(13-16)21-14-20-17;1-5(9)8-6(7(10)11)3-4-12-2/h9-10,13,15H,3-8,11-12,14H2,1-2H3;6H,3-4H2,1-2H3,(H,8,9)(H,10,11). The monoisotopic (exact) mass is 515 g/mol. The van der Waals surface area contributed by atoms with E-state index < -0.39 is 23.2 Å². The van der Waals surface area contributed by atoms with Crippen LogP contribution in [-0.4, -0.2) is 57.4 Å². The lowest BCUT2D eigenvalue weighted by Crippen LogP contribution is -2.39. The Morgan fingerprint density at radius 2 is 1.85 bits per heavy atom. The Hall–Kier alpha value is -1.58. The van der Waals surface area contributed by atoms with Gasteiger partial charge in [0.1, 0.15) is 17.0 Å². The molecule has 0 fully saturated rings. The van der Waals surface area contributed by atoms with Crippen molar-refractivity contribution in [3.05, 3.63) is 23.8 Å². The summed E-state index contributed by atoms with van der Waals surface area (Å²) in [4.78, 5) is 21.1. The second-order valence-electron chi connectivity index (χ2n) is 8.43. The molecule has 1 heterocycles. The van der Waals surface area contributed by atoms with Crippen LogP contribution < -0.4 is 14.8 Å². The van der Waals surface area contributed by atoms with E-state index >= 15 is 0 Å². The molecule has 9 heteroatoms. The van der Waals surface area contributed by atoms with Crippen LogP contribution in [0.4, 0.5) is 0 Å². The molecule has 7 nitrogen and oxygen atoms in total. The minimum Gasteiger partial charge on any atom is -0.616 e. The first-order valence-electron chi connectivity index (χ1n) is 12.0. The first-order chi connectivity index (χ1) is 16.3. The van der Waals surface area contributed by atoms with Gasteiger partial charge in [0.2, 0.25) is 12.7 Å². The van der Waals surface area contributed by atoms with Crippen LogP contribution in [0.1, 0.15) is 71.3 Å². The van der Waals surface area contributed by atoms with Crippen molar-refractivity contribution >= 4 is 34.8 Å². The van der Waals surface area contributed by atoms with Gasteiger partial charge in [0.05, 0.1) is 0 Å². The molecule has 0 saturated carbocycles. The number of carbonyl (C=O) groups excluding carboxylic acids is 1. The number of nitrogens with one attached hydrogen (secondary N) is 1. The lowest BCUT2D eigenvalue weighted by Gasteiger charge is -2.18. The fraction of sp³-hybridized carbons (Fsp3) is 0.680. The minimum atomic E-state index is -0.973. The molecule has 194 valence electrons. The summed E-state index contributed by atoms with van der Waals surface area (Å²) < 4.78 is 23.0. The molecule has 0 radical (unpaired) electrons. The van der Waals surface area contributed by atoms with E-state index in [-0.39, 0.29) is 11.2 Å². The van der Waals surface area contributed by atoms with Crippen LogP contribution in [0.2, 0.25) is 0 Å². The number of hydrogen-bond acceptors (Lipinski definition) is 6. The molecule has 0 saturated heterocycles. The highest BCUT2D eigenvalue weighted by Crippen LogP contribution is 2.33. The highest BCUT2D eigenvalue weighted by molar-refractivity contribution is 7.98. The molecule has 1 amide bonds. The van der Waals surface area contributed by atoms with Crippen LogP contribution in [0.5, 0.6) is 11.5 Å². The number of carboxylic acids is 1. The summed E-state index contributed by atoms with van der Waals surface area (Å²) >= 11 is 0.817. The van der Waals surface area contributed by atoms with Crippen LogP contribution in [0, 0.1) is 0 Å². The second kappa shape index (κ2) is 17.8. The Bertz CT molecular complexity index is 733. The zero-order chi connectivity index (χ0) is 25.3. The lowest BCUT2D eigenvalue weighted by atomic mass is 10.1. The number of unbranched alkanes of at least 4 members (excludes halogenated alkanes) is 5. The van der Waals surface area contributed by atoms with Crippen molar-refractivity contribution in [2.24, 2.45) is 0 Å². The summed E-state index contributed by atoms with van der Waals surface area (Å²) in [5, 5.41) is 11.2. The molecule has 3 unspecified atom stereocenters. The van der Waals surface area contributed by atoms with E-state index in [2.05, 4.69) is 19.2 Å². The maximum atomic E-state index is 12.3. The van der Waals surface area contributed by atoms with Crippen LogP contribution in [-0.2, 0) is 27.2 Å². The number of benzene rings is 1. The van der Waals surface area contributed by atoms with Crippen molar-refractivity contribution in [2.75, 3.05) is 24.6 Å². The Morgan fingerprint density at radius 1 is 1.18 bits per heavy atom. The largest absolute Gasteiger partial charge is 0.616 e. The number of amides is 1. The van der Waals surface area contributed by atoms with Crippen LogP contribution >= 0.6 is 11.8 Å². The van der Waals surface area contributed by atoms with E-state index in [1.165, 1.54) is 44.6 Å². The van der Waals surface area contributed by atoms with E-state index in [9.17, 15) is 14.1 Å². The van der Waals surface area contributed by atoms with Gasteiger partial charge in [0.25, 0.3) is 0 Å². The van der Waals surface area contributed by atoms with E-state index in [0.29, 0.717) is 13.2 Å². The maximum absolute atomic E-state index is 12.3. The van der Waals surface area contributed by atoms with Gasteiger partial charge in [-0.05, 0) is 55.9 Å². The number of ether oxygens (including phenoxy) is 2. The molecular weight excluding hydrogens is 474 g/mol. The fourth-order valence-corrected chi connectivity index (χ4v) is 5.20. The molecule has 0 aromatic heterocycles. The van der Waals surface area contributed by atoms with E-state index in [4.69, 9.17) is 14.6 Å². The van der Waals surface area contributed by atoms with Crippen LogP contribution in [0.3, 0.4) is 0 Å². The molecule has 0 bridgehead atoms. The van der Waals surface area contributed by atoms with Crippen molar-refractivity contribution < 1.29 is 28.7 Å². The van der Waals surface area contributed by atoms with Gasteiger partial charge in [-0.15, -0.1) is 0 Å². The number of aliphatic carboxylic acids is 1. The number of carboxylic acid groups (broad SMARTS) is 1. The number of carbonyl (C=O) groups is 2. The molecule has 2 rings (SSSR count). The van der Waals surface area contributed by atoms with Crippen molar-refractivity contribution in [2.45, 2.75) is 83.4 Å². The normalized spacial score (nSPS) is 14.5. The summed E-state index contributed by atoms with van der Waals surface area (Å²) in [6.45, 7) is 5.93. The van der Waals surface area contributed by atoms with Crippen LogP contribution in [0.15, 0.2) is 18.2 Å². The zero-order valence-corrected chi connectivity index (χ0v) is 22.6. The van der Waals surface area contributed by atoms with Crippen molar-refractivity contribution in [3.63, 3.8) is 0 Å². The number of rotatable bonds is 15. The summed E-state index contributed by atoms with van der Waals surface area (Å²) in [6.07, 6.45) is 10.7. The van der Waals surface area contributed by atoms with Gasteiger partial charge in [0.15, 0.2) is 11.5 Å². The topological polar surface area (TPSA) is 108 Å². The SMILES string of the molecule is CCCCCCCC[S+]([O-])C(C)Cc1ccc2c(c1)OCO2.CSCCC(NC(C)=O)C(=O)O. The third kappa shape index (κ3) is 12.8. The Labute approximate surface area is 211 Å². The molecule has 0 spiro atoms. The molecule has 3 atom stereocenters. The lowest BCUT2D eigenvalue weighted by molar-refractivity contribution is -0.141. The molecule has 1 aromatic carbocycles. The molecular formula is C25H41NO6S2. The van der Waals surface area contributed by atoms with Crippen LogP contribution in [0.25, 0.3) is 0 Å². The number of thioether (sulfide) groups is 1. The van der Waals surface area contributed by atoms with Crippen molar-refractivity contribution in [3.8, 4) is 11.5 Å². The molecule has 0 aliphatic carbocycles. The predicted molar refractivity (Wildman–Crippen MR) is 140 cm³/mol. The summed E-state index contributed by atoms with van der Waals surface area (Å²) in [5.74, 6) is 1.91. The van der Waals surface area contributed by atoms with Gasteiger partial charge in [-0.3, -0.25) is 4.79 Å². The molecule has 1 aliphatic heterocycles. The van der Waals surface area contributed by atoms with E-state index in [0.717, 1.165) is 35.8 Å². The third-order valence-electron chi connectivity index (χ3n) is 5.39. The Kier molecular flexibility index (Phi) is 15.9. The summed E-state index contributed by atoms with van der Waals surface area (Å²) in [6, 6.07) is 5.27. The average Bonchev–Trinajstić information content (AvgIpc) is 3.26. The fourth-order valence-electron chi connectivity index (χ4n) is 3.46. The quantitative estimate of drug-likeness (QED) is 0.255. The third-order valence-corrected chi connectivity index (χ3v) is 7.79. The average molecular weight is 516 g/mol. The second-order valence-corrected chi connectivity index (χ2v) is 11.4. The van der Waals surface area contributed by atoms with Crippen molar-refractivity contribution in [1.82, 2.24) is 5.32 Å². The Balaban J connectivity index is 0.000000411. The molecule has 1 aliphatic rings. The van der Waals surface area contributed by atoms with Crippen molar-refractivity contribution in [1.29, 1.82) is 0 Å². The predicted octanol–water partition coefficient (Wildman–Crippen LogP) is 4.78. The first kappa shape index (κ1) is 30.5. The van der Waals surface area contributed by atoms with Gasteiger partial charge in [-0.2, -0.15) is 11.8 Å². The molecule has 1 aromatic rings. The Morgan fingerprint density at radius 3 is 2.50 bits per heavy atom. The smallest absolute Gasteiger partial charge is 0.326 e. The number of hydrogen-bond donors (Lipinski definition) is 2. The zero-order valence-electron chi connectivity index (χ0n) is 21.0. The van der Waals surface area contributed by atoms with Gasteiger partial charge in [-0.25, -0.2) is 4.79 Å². The summed E-state index contributed by atoms with van der Waals surface area (Å²) in [5.41, 5.74) is 1.17. The van der Waals surface area contributed by atoms with Gasteiger partial charge in [-0.1, -0.05) is 49.8 Å².